The fourth-order valence-corrected chi connectivity index (χ4v) is 11.3. The van der Waals surface area contributed by atoms with E-state index in [2.05, 4.69) is 38.7 Å². The smallest absolute Gasteiger partial charge is 0.744 e. The van der Waals surface area contributed by atoms with E-state index in [1.807, 2.05) is 0 Å². The monoisotopic (exact) mass is 2000 g/mol. The molecular formula is C64H76Ca2N8O52S4. The van der Waals surface area contributed by atoms with Gasteiger partial charge in [-0.1, -0.05) is 0 Å². The Morgan fingerprint density at radius 1 is 0.215 bits per heavy atom. The summed E-state index contributed by atoms with van der Waals surface area (Å²) in [6.45, 7) is -1.76. The maximum Gasteiger partial charge on any atom is 2.00 e. The summed E-state index contributed by atoms with van der Waals surface area (Å²) in [7, 11) is -20.4. The van der Waals surface area contributed by atoms with Crippen molar-refractivity contribution in [1.82, 2.24) is 0 Å². The second-order valence-electron chi connectivity index (χ2n) is 24.2. The van der Waals surface area contributed by atoms with Crippen molar-refractivity contribution in [2.45, 2.75) is 174 Å². The molecule has 0 atom stereocenters. The summed E-state index contributed by atoms with van der Waals surface area (Å²) in [5, 5.41) is 72.2. The van der Waals surface area contributed by atoms with E-state index in [1.54, 1.807) is 0 Å². The van der Waals surface area contributed by atoms with Crippen LogP contribution in [0.25, 0.3) is 0 Å². The van der Waals surface area contributed by atoms with Gasteiger partial charge in [0.15, 0.2) is 0 Å². The summed E-state index contributed by atoms with van der Waals surface area (Å²) < 4.78 is 177. The number of rotatable bonds is 60. The van der Waals surface area contributed by atoms with E-state index < -0.39 is 171 Å². The number of esters is 8. The van der Waals surface area contributed by atoms with Gasteiger partial charge < -0.3 is 94.8 Å². The van der Waals surface area contributed by atoms with Crippen LogP contribution in [0.15, 0.2) is 92.4 Å². The van der Waals surface area contributed by atoms with E-state index in [1.165, 1.54) is 0 Å². The predicted octanol–water partition coefficient (Wildman–Crippen LogP) is 3.87. The fourth-order valence-electron chi connectivity index (χ4n) is 8.83. The third-order valence-electron chi connectivity index (χ3n) is 14.3. The third kappa shape index (κ3) is 60.2. The van der Waals surface area contributed by atoms with Crippen LogP contribution < -0.4 is 37.9 Å². The number of hydrogen-bond acceptors (Lipinski definition) is 52. The normalized spacial score (nSPS) is 10.6. The fraction of sp³-hybridized carbons (Fsp3) is 0.500. The van der Waals surface area contributed by atoms with E-state index in [9.17, 15) is 171 Å². The Morgan fingerprint density at radius 2 is 0.338 bits per heavy atom. The Balaban J connectivity index is 0. The average Bonchev–Trinajstić information content (AvgIpc) is 0.830. The second-order valence-corrected chi connectivity index (χ2v) is 29.5. The van der Waals surface area contributed by atoms with Gasteiger partial charge in [0.25, 0.3) is 40.7 Å². The van der Waals surface area contributed by atoms with Crippen molar-refractivity contribution in [3.8, 4) is 46.0 Å². The van der Waals surface area contributed by atoms with Gasteiger partial charge in [-0.05, 0) is 151 Å². The number of carbonyl (C=O) groups excluding carboxylic acids is 8. The maximum absolute atomic E-state index is 11.8. The minimum atomic E-state index is -5.10. The van der Waals surface area contributed by atoms with E-state index in [0.717, 1.165) is 72.8 Å². The molecule has 0 aliphatic carbocycles. The van der Waals surface area contributed by atoms with E-state index >= 15 is 0 Å². The number of hydrogen-bond donors (Lipinski definition) is 0. The molecule has 0 N–H and O–H groups in total. The molecule has 4 aromatic rings. The largest absolute Gasteiger partial charge is 2.00 e. The van der Waals surface area contributed by atoms with Crippen molar-refractivity contribution in [3.05, 3.63) is 154 Å². The van der Waals surface area contributed by atoms with Gasteiger partial charge in [-0.2, -0.15) is 0 Å². The number of nitrogens with zero attached hydrogens (tertiary/aromatic N) is 8. The Hall–Kier alpha value is -11.6. The Kier molecular flexibility index (Phi) is 60.2. The SMILES string of the molecule is O=C(CCCCO[N+](=O)[O-])Oc1ccc(OC(=O)CCCCO[N+](=O)[O-])c(S(=O)(=O)[O-])c1.O=C(CCCCO[N+](=O)[O-])Oc1ccc(OC(=O)CCCCO[N+](=O)[O-])c(S(=O)(=O)[O-])c1.O=C(CCCCO[N+](=O)[O-])Oc1ccc(OC(=O)CCCCO[N+](=O)[O-])c(S(=O)(=O)[O-])c1.O=C(CCCCO[N+](=O)[O-])Oc1ccc(OC(=O)CCCCO[N+](=O)[O-])c(S(=O)(=O)[O-])c1.[Ca+2].[Ca+2]. The van der Waals surface area contributed by atoms with Crippen LogP contribution in [0.4, 0.5) is 0 Å². The van der Waals surface area contributed by atoms with Gasteiger partial charge in [0.1, 0.15) is 106 Å². The van der Waals surface area contributed by atoms with E-state index in [-0.39, 0.29) is 305 Å². The van der Waals surface area contributed by atoms with Crippen molar-refractivity contribution in [3.63, 3.8) is 0 Å². The van der Waals surface area contributed by atoms with Gasteiger partial charge in [0.2, 0.25) is 0 Å². The summed E-state index contributed by atoms with van der Waals surface area (Å²) in [5.74, 6) is -10.1. The molecule has 0 saturated heterocycles. The minimum Gasteiger partial charge on any atom is -0.744 e. The molecule has 0 aliphatic rings. The molecule has 60 nitrogen and oxygen atoms in total. The molecule has 0 aromatic heterocycles. The quantitative estimate of drug-likeness (QED) is 0.0115. The Labute approximate surface area is 791 Å². The molecule has 0 bridgehead atoms. The summed E-state index contributed by atoms with van der Waals surface area (Å²) >= 11 is 0. The number of ether oxygens (including phenoxy) is 8. The molecule has 0 spiro atoms. The molecule has 0 saturated carbocycles. The molecular weight excluding hydrogens is 1920 g/mol. The van der Waals surface area contributed by atoms with Crippen LogP contribution in [-0.4, -0.2) is 269 Å². The molecule has 0 radical (unpaired) electrons. The zero-order valence-electron chi connectivity index (χ0n) is 67.4. The molecule has 0 amide bonds. The van der Waals surface area contributed by atoms with Crippen LogP contribution in [0.1, 0.15) is 154 Å². The average molecular weight is 2000 g/mol. The van der Waals surface area contributed by atoms with Gasteiger partial charge in [0.05, 0.1) is 52.9 Å². The number of unbranched alkanes of at least 4 members (excludes halogenated alkanes) is 8. The molecule has 0 fully saturated rings. The van der Waals surface area contributed by atoms with Gasteiger partial charge in [-0.3, -0.25) is 38.4 Å². The second kappa shape index (κ2) is 65.0. The zero-order valence-corrected chi connectivity index (χ0v) is 75.1. The third-order valence-corrected chi connectivity index (χ3v) is 17.8. The van der Waals surface area contributed by atoms with Gasteiger partial charge in [-0.25, -0.2) is 33.7 Å². The summed E-state index contributed by atoms with van der Waals surface area (Å²) in [6, 6.07) is 11.2. The Bertz CT molecular complexity index is 4350. The van der Waals surface area contributed by atoms with Crippen LogP contribution in [0, 0.1) is 80.9 Å². The van der Waals surface area contributed by atoms with Gasteiger partial charge in [0, 0.05) is 75.6 Å². The van der Waals surface area contributed by atoms with Crippen LogP contribution in [0.2, 0.25) is 0 Å². The first-order valence-electron chi connectivity index (χ1n) is 36.2. The van der Waals surface area contributed by atoms with E-state index in [0.29, 0.717) is 0 Å². The first-order chi connectivity index (χ1) is 59.9. The molecule has 0 aliphatic heterocycles. The topological polar surface area (TPSA) is 858 Å². The summed E-state index contributed by atoms with van der Waals surface area (Å²) in [6.07, 6.45) is 1.29. The zero-order chi connectivity index (χ0) is 96.6. The minimum absolute atomic E-state index is 0. The summed E-state index contributed by atoms with van der Waals surface area (Å²) in [5.41, 5.74) is 0. The van der Waals surface area contributed by atoms with Crippen molar-refractivity contribution in [1.29, 1.82) is 0 Å². The van der Waals surface area contributed by atoms with Crippen molar-refractivity contribution in [2.24, 2.45) is 0 Å². The first kappa shape index (κ1) is 120. The predicted molar refractivity (Wildman–Crippen MR) is 409 cm³/mol. The number of carbonyl (C=O) groups is 8. The molecule has 0 unspecified atom stereocenters. The van der Waals surface area contributed by atoms with Gasteiger partial charge >= 0.3 is 123 Å². The van der Waals surface area contributed by atoms with Crippen molar-refractivity contribution < 1.29 is 208 Å². The molecule has 4 aromatic carbocycles. The number of benzene rings is 4. The van der Waals surface area contributed by atoms with Crippen molar-refractivity contribution in [2.75, 3.05) is 52.9 Å². The van der Waals surface area contributed by atoms with E-state index in [4.69, 9.17) is 37.9 Å². The first-order valence-corrected chi connectivity index (χ1v) is 41.8. The van der Waals surface area contributed by atoms with Crippen LogP contribution in [-0.2, 0) is 118 Å². The molecule has 66 heteroatoms. The van der Waals surface area contributed by atoms with Crippen molar-refractivity contribution >= 4 is 164 Å². The Morgan fingerprint density at radius 3 is 0.454 bits per heavy atom. The molecule has 4 rings (SSSR count). The molecule has 0 heterocycles. The molecule has 130 heavy (non-hydrogen) atoms. The van der Waals surface area contributed by atoms with Crippen LogP contribution in [0.3, 0.4) is 0 Å². The van der Waals surface area contributed by atoms with Gasteiger partial charge in [-0.15, -0.1) is 80.9 Å². The maximum atomic E-state index is 11.8. The summed E-state index contributed by atoms with van der Waals surface area (Å²) in [4.78, 5) is 203. The van der Waals surface area contributed by atoms with Crippen LogP contribution >= 0.6 is 0 Å². The molecule has 712 valence electrons. The van der Waals surface area contributed by atoms with Crippen LogP contribution in [0.5, 0.6) is 46.0 Å². The standard InChI is InChI=1S/4C16H20N2O13S.2Ca/c4*19-15(5-1-3-9-28-17(21)22)30-12-7-8-13(14(11-12)32(25,26)27)31-16(20)6-2-4-10-29-18(23)24;;/h4*7-8,11H,1-6,9-10H2,(H,25,26,27);;/q;;;;2*+2/p-4.